The molecule has 0 unspecified atom stereocenters. The molecule has 0 atom stereocenters. The smallest absolute Gasteiger partial charge is 0.285 e. The number of fused-ring (bicyclic) bond motifs is 4. The lowest BCUT2D eigenvalue weighted by molar-refractivity contribution is -0.440. The zero-order valence-electron chi connectivity index (χ0n) is 42.2. The average molecular weight is 1120 g/mol. The Morgan fingerprint density at radius 1 is 0.338 bits per heavy atom. The van der Waals surface area contributed by atoms with Gasteiger partial charge in [0.2, 0.25) is 72.8 Å². The van der Waals surface area contributed by atoms with Crippen LogP contribution in [0.1, 0.15) is 22.3 Å². The van der Waals surface area contributed by atoms with Crippen LogP contribution in [0.25, 0.3) is 0 Å². The summed E-state index contributed by atoms with van der Waals surface area (Å²) in [5.74, 6) is -9.77. The number of rotatable bonds is 4. The number of hydrogen-bond acceptors (Lipinski definition) is 4. The van der Waals surface area contributed by atoms with Crippen LogP contribution in [0, 0.1) is 29.1 Å². The minimum Gasteiger partial charge on any atom is -0.319 e. The van der Waals surface area contributed by atoms with Gasteiger partial charge in [0.1, 0.15) is 5.02 Å². The van der Waals surface area contributed by atoms with Crippen molar-refractivity contribution in [3.05, 3.63) is 235 Å². The monoisotopic (exact) mass is 1120 g/mol. The van der Waals surface area contributed by atoms with Crippen molar-refractivity contribution in [1.29, 1.82) is 0 Å². The lowest BCUT2D eigenvalue weighted by atomic mass is 10.1. The Labute approximate surface area is 464 Å². The lowest BCUT2D eigenvalue weighted by Crippen LogP contribution is -2.33. The molecule has 0 radical (unpaired) electrons. The van der Waals surface area contributed by atoms with Crippen LogP contribution in [0.3, 0.4) is 0 Å². The minimum absolute atomic E-state index is 0.0463. The molecule has 0 fully saturated rings. The second-order valence-electron chi connectivity index (χ2n) is 18.5. The number of benzene rings is 8. The third kappa shape index (κ3) is 12.2. The van der Waals surface area contributed by atoms with Crippen molar-refractivity contribution in [3.8, 4) is 0 Å². The topological polar surface area (TPSA) is 25.0 Å². The zero-order chi connectivity index (χ0) is 54.5. The fourth-order valence-corrected chi connectivity index (χ4v) is 10.2. The molecule has 8 nitrogen and oxygen atoms in total. The first-order valence-corrected chi connectivity index (χ1v) is 25.7. The van der Waals surface area contributed by atoms with E-state index in [2.05, 4.69) is 135 Å². The average Bonchev–Trinajstić information content (AvgIpc) is 3.43. The first-order chi connectivity index (χ1) is 37.0. The van der Waals surface area contributed by atoms with Crippen molar-refractivity contribution in [1.82, 2.24) is 0 Å². The van der Waals surface area contributed by atoms with Gasteiger partial charge in [-0.2, -0.15) is 27.1 Å². The summed E-state index contributed by atoms with van der Waals surface area (Å²) in [6, 6.07) is 53.5. The molecule has 0 saturated heterocycles. The fourth-order valence-electron chi connectivity index (χ4n) is 9.29. The Morgan fingerprint density at radius 3 is 1.12 bits per heavy atom. The van der Waals surface area contributed by atoms with Gasteiger partial charge in [-0.15, -0.1) is 0 Å². The zero-order valence-corrected chi connectivity index (χ0v) is 45.2. The summed E-state index contributed by atoms with van der Waals surface area (Å²) < 4.78 is 75.1. The molecule has 0 aliphatic carbocycles. The third-order valence-corrected chi connectivity index (χ3v) is 14.0. The van der Waals surface area contributed by atoms with E-state index in [1.807, 2.05) is 66.7 Å². The van der Waals surface area contributed by atoms with Gasteiger partial charge in [-0.3, -0.25) is 0 Å². The summed E-state index contributed by atoms with van der Waals surface area (Å²) in [5.41, 5.74) is 11.0. The molecule has 0 spiro atoms. The molecule has 390 valence electrons. The minimum atomic E-state index is -2.16. The van der Waals surface area contributed by atoms with Crippen LogP contribution in [0.5, 0.6) is 0 Å². The van der Waals surface area contributed by atoms with Crippen molar-refractivity contribution in [3.63, 3.8) is 0 Å². The highest BCUT2D eigenvalue weighted by molar-refractivity contribution is 6.35. The van der Waals surface area contributed by atoms with Gasteiger partial charge in [0.05, 0.1) is 45.0 Å². The van der Waals surface area contributed by atoms with Gasteiger partial charge < -0.3 is 19.6 Å². The lowest BCUT2D eigenvalue weighted by Gasteiger charge is -2.23. The first kappa shape index (κ1) is 54.2. The van der Waals surface area contributed by atoms with Gasteiger partial charge in [-0.25, -0.2) is 13.2 Å². The predicted octanol–water partition coefficient (Wildman–Crippen LogP) is 14.7. The molecule has 17 heteroatoms. The molecule has 8 aromatic carbocycles. The Hall–Kier alpha value is -7.55. The summed E-state index contributed by atoms with van der Waals surface area (Å²) in [4.78, 5) is 8.31. The molecule has 12 rings (SSSR count). The summed E-state index contributed by atoms with van der Waals surface area (Å²) in [5, 5.41) is 2.85. The van der Waals surface area contributed by atoms with Gasteiger partial charge >= 0.3 is 0 Å². The Kier molecular flexibility index (Phi) is 16.7. The summed E-state index contributed by atoms with van der Waals surface area (Å²) >= 11 is 24.3. The molecule has 4 aliphatic rings. The highest BCUT2D eigenvalue weighted by Crippen LogP contribution is 2.34. The highest BCUT2D eigenvalue weighted by atomic mass is 35.5. The van der Waals surface area contributed by atoms with Crippen LogP contribution in [0.15, 0.2) is 164 Å². The Morgan fingerprint density at radius 2 is 0.675 bits per heavy atom. The third-order valence-electron chi connectivity index (χ3n) is 13.0. The second kappa shape index (κ2) is 23.8. The van der Waals surface area contributed by atoms with Crippen LogP contribution in [-0.2, 0) is 0 Å². The maximum Gasteiger partial charge on any atom is 0.285 e. The number of nitrogens with zero attached hydrogens (tertiary/aromatic N) is 8. The van der Waals surface area contributed by atoms with Crippen LogP contribution in [0.2, 0.25) is 20.1 Å². The van der Waals surface area contributed by atoms with E-state index >= 15 is 0 Å². The molecular weight excluding hydrogens is 1070 g/mol. The normalized spacial score (nSPS) is 14.0. The molecule has 0 bridgehead atoms. The van der Waals surface area contributed by atoms with Crippen molar-refractivity contribution >= 4 is 117 Å². The molecule has 4 heterocycles. The number of halogens is 9. The Balaban J connectivity index is 0.000000125. The largest absolute Gasteiger partial charge is 0.319 e. The SMILES string of the molecule is CN1C[N+](c2c(F)c(F)c(F)c(F)c2F)=Cc2ccccc21.CN1C[N+](c2cc(Cl)cc(Cl)c2)=Cc2ccccc21.CN1C[N+](c2ccc(Cl)cc2)=Cc2ccccc21.CN1C[N+](c2ccccc2Cl)=Cc2ccccc21. The van der Waals surface area contributed by atoms with Gasteiger partial charge in [0, 0.05) is 73.6 Å². The predicted molar refractivity (Wildman–Crippen MR) is 305 cm³/mol. The molecule has 4 aliphatic heterocycles. The van der Waals surface area contributed by atoms with E-state index in [0.29, 0.717) is 15.6 Å². The maximum absolute atomic E-state index is 13.9. The first-order valence-electron chi connectivity index (χ1n) is 24.2. The van der Waals surface area contributed by atoms with Gasteiger partial charge in [-0.1, -0.05) is 107 Å². The number of anilines is 4. The molecule has 77 heavy (non-hydrogen) atoms. The Bertz CT molecular complexity index is 3600. The van der Waals surface area contributed by atoms with Crippen molar-refractivity contribution in [2.75, 3.05) is 74.5 Å². The van der Waals surface area contributed by atoms with E-state index in [4.69, 9.17) is 46.4 Å². The highest BCUT2D eigenvalue weighted by Gasteiger charge is 2.35. The van der Waals surface area contributed by atoms with E-state index in [9.17, 15) is 22.0 Å². The van der Waals surface area contributed by atoms with Crippen LogP contribution in [-0.4, -0.2) is 98.0 Å². The molecular formula is C60H51Cl4F5N8+4. The number of para-hydroxylation sites is 5. The van der Waals surface area contributed by atoms with Gasteiger partial charge in [-0.05, 0) is 72.8 Å². The van der Waals surface area contributed by atoms with Gasteiger partial charge in [0.15, 0.2) is 24.9 Å². The number of hydrogen-bond donors (Lipinski definition) is 0. The van der Waals surface area contributed by atoms with Crippen LogP contribution >= 0.6 is 46.4 Å². The van der Waals surface area contributed by atoms with Crippen LogP contribution < -0.4 is 19.6 Å². The quantitative estimate of drug-likeness (QED) is 0.0759. The van der Waals surface area contributed by atoms with Crippen LogP contribution in [0.4, 0.5) is 67.5 Å². The van der Waals surface area contributed by atoms with Crippen molar-refractivity contribution in [2.24, 2.45) is 0 Å². The summed E-state index contributed by atoms with van der Waals surface area (Å²) in [7, 11) is 7.93. The van der Waals surface area contributed by atoms with E-state index in [0.717, 1.165) is 57.4 Å². The van der Waals surface area contributed by atoms with Crippen molar-refractivity contribution < 1.29 is 40.3 Å². The molecule has 0 aromatic heterocycles. The fraction of sp³-hybridized carbons (Fsp3) is 0.133. The van der Waals surface area contributed by atoms with Gasteiger partial charge in [0.25, 0.3) is 5.69 Å². The van der Waals surface area contributed by atoms with E-state index < -0.39 is 34.8 Å². The second-order valence-corrected chi connectivity index (χ2v) is 20.2. The molecule has 0 amide bonds. The van der Waals surface area contributed by atoms with E-state index in [-0.39, 0.29) is 6.67 Å². The maximum atomic E-state index is 13.9. The van der Waals surface area contributed by atoms with Crippen molar-refractivity contribution in [2.45, 2.75) is 0 Å². The van der Waals surface area contributed by atoms with E-state index in [1.165, 1.54) is 40.0 Å². The standard InChI is InChI=1S/C15H13Cl2N2.2C15H14ClN2.C15H10F5N2/c1-18-10-19(9-11-4-2-3-5-15(11)18)14-7-12(16)6-13(17)8-14;1-17-11-18(15-9-5-3-7-13(15)16)10-12-6-2-4-8-14(12)17;1-17-11-18(14-8-6-13(16)7-9-14)10-12-4-2-3-5-15(12)17;1-21-7-22(6-8-4-2-3-5-9(8)21)15-13(19)11(17)10(16)12(18)14(15)20/h2-9H,10H2,1H3;2*2-10H,11H2,1H3;2-6H,7H2,1H3/q4*+1. The molecule has 8 aromatic rings. The summed E-state index contributed by atoms with van der Waals surface area (Å²) in [6.45, 7) is 2.38. The molecule has 0 saturated carbocycles. The van der Waals surface area contributed by atoms with E-state index in [1.54, 1.807) is 42.3 Å². The molecule has 0 N–H and O–H groups in total. The summed E-state index contributed by atoms with van der Waals surface area (Å²) in [6.07, 6.45) is 7.81.